The van der Waals surface area contributed by atoms with Gasteiger partial charge in [-0.1, -0.05) is 0 Å². The number of hydrogen-bond acceptors (Lipinski definition) is 7. The van der Waals surface area contributed by atoms with E-state index in [9.17, 15) is 14.2 Å². The molecule has 0 aromatic heterocycles. The number of ketones is 1. The molecule has 0 spiro atoms. The maximum atomic E-state index is 11.4. The summed E-state index contributed by atoms with van der Waals surface area (Å²) in [7, 11) is -0.961. The fourth-order valence-corrected chi connectivity index (χ4v) is 1.41. The second-order valence-corrected chi connectivity index (χ2v) is 5.07. The van der Waals surface area contributed by atoms with Gasteiger partial charge in [0.05, 0.1) is 13.0 Å². The largest absolute Gasteiger partial charge is 0.453 e. The molecule has 0 bridgehead atoms. The Morgan fingerprint density at radius 1 is 1.19 bits per heavy atom. The first kappa shape index (κ1) is 15.2. The summed E-state index contributed by atoms with van der Waals surface area (Å²) in [4.78, 5) is 21.9. The van der Waals surface area contributed by atoms with Gasteiger partial charge in [-0.2, -0.15) is 0 Å². The maximum absolute atomic E-state index is 11.4. The van der Waals surface area contributed by atoms with E-state index in [0.29, 0.717) is 0 Å². The molecular formula is C8H16NO6P. The smallest absolute Gasteiger partial charge is 0.367 e. The van der Waals surface area contributed by atoms with E-state index in [2.05, 4.69) is 13.8 Å². The highest BCUT2D eigenvalue weighted by Gasteiger charge is 2.23. The lowest BCUT2D eigenvalue weighted by molar-refractivity contribution is -0.143. The fraction of sp³-hybridized carbons (Fsp3) is 0.750. The van der Waals surface area contributed by atoms with E-state index in [1.165, 1.54) is 14.2 Å². The summed E-state index contributed by atoms with van der Waals surface area (Å²) < 4.78 is 25.2. The van der Waals surface area contributed by atoms with E-state index in [4.69, 9.17) is 5.73 Å². The molecule has 0 heterocycles. The van der Waals surface area contributed by atoms with Gasteiger partial charge in [0.25, 0.3) is 0 Å². The summed E-state index contributed by atoms with van der Waals surface area (Å²) in [6.45, 7) is -0.109. The van der Waals surface area contributed by atoms with Gasteiger partial charge in [0.15, 0.2) is 6.35 Å². The molecular weight excluding hydrogens is 237 g/mol. The van der Waals surface area contributed by atoms with Crippen LogP contribution in [0.25, 0.3) is 0 Å². The van der Waals surface area contributed by atoms with Crippen molar-refractivity contribution >= 4 is 19.3 Å². The van der Waals surface area contributed by atoms with Crippen LogP contribution in [0.3, 0.4) is 0 Å². The molecule has 0 rings (SSSR count). The lowest BCUT2D eigenvalue weighted by atomic mass is 10.2. The second-order valence-electron chi connectivity index (χ2n) is 2.86. The first-order chi connectivity index (χ1) is 7.47. The van der Waals surface area contributed by atoms with E-state index < -0.39 is 19.9 Å². The molecule has 2 N–H and O–H groups in total. The summed E-state index contributed by atoms with van der Waals surface area (Å²) in [5, 5.41) is 0. The third kappa shape index (κ3) is 5.97. The van der Waals surface area contributed by atoms with Gasteiger partial charge in [-0.05, 0) is 0 Å². The highest BCUT2D eigenvalue weighted by Crippen LogP contribution is 2.46. The van der Waals surface area contributed by atoms with Crippen molar-refractivity contribution in [1.29, 1.82) is 0 Å². The van der Waals surface area contributed by atoms with Crippen molar-refractivity contribution < 1.29 is 27.9 Å². The van der Waals surface area contributed by atoms with Gasteiger partial charge < -0.3 is 19.5 Å². The molecule has 0 atom stereocenters. The minimum atomic E-state index is -3.34. The van der Waals surface area contributed by atoms with Gasteiger partial charge >= 0.3 is 13.6 Å². The zero-order valence-corrected chi connectivity index (χ0v) is 10.2. The molecule has 0 aromatic carbocycles. The molecule has 0 amide bonds. The van der Waals surface area contributed by atoms with Crippen LogP contribution in [0, 0.1) is 0 Å². The Labute approximate surface area is 93.8 Å². The number of nitrogens with two attached hydrogens (primary N) is 1. The van der Waals surface area contributed by atoms with E-state index in [0.717, 1.165) is 0 Å². The monoisotopic (exact) mass is 253 g/mol. The van der Waals surface area contributed by atoms with Crippen molar-refractivity contribution in [1.82, 2.24) is 0 Å². The van der Waals surface area contributed by atoms with Gasteiger partial charge in [-0.15, -0.1) is 0 Å². The molecule has 0 saturated heterocycles. The van der Waals surface area contributed by atoms with Crippen LogP contribution in [0.4, 0.5) is 0 Å². The number of hydrogen-bond donors (Lipinski definition) is 1. The predicted molar refractivity (Wildman–Crippen MR) is 55.9 cm³/mol. The van der Waals surface area contributed by atoms with Crippen molar-refractivity contribution in [3.63, 3.8) is 0 Å². The predicted octanol–water partition coefficient (Wildman–Crippen LogP) is 0.281. The molecule has 16 heavy (non-hydrogen) atoms. The second kappa shape index (κ2) is 7.51. The van der Waals surface area contributed by atoms with Crippen LogP contribution in [0.2, 0.25) is 0 Å². The Hall–Kier alpha value is -0.750. The zero-order chi connectivity index (χ0) is 12.6. The highest BCUT2D eigenvalue weighted by molar-refractivity contribution is 7.53. The fourth-order valence-electron chi connectivity index (χ4n) is 0.747. The van der Waals surface area contributed by atoms with Crippen molar-refractivity contribution in [2.45, 2.75) is 12.8 Å². The standard InChI is InChI=1S/C8H16NO6P/c1-13-16(12,14-2)6-15-8(11)4-3-7(10)5-9/h3-6,9H2,1-2H3. The Morgan fingerprint density at radius 3 is 2.19 bits per heavy atom. The SMILES string of the molecule is COP(=O)(COC(=O)CCC(=O)CN)OC. The summed E-state index contributed by atoms with van der Waals surface area (Å²) in [6.07, 6.45) is -0.543. The molecule has 0 fully saturated rings. The topological polar surface area (TPSA) is 105 Å². The zero-order valence-electron chi connectivity index (χ0n) is 9.30. The summed E-state index contributed by atoms with van der Waals surface area (Å²) >= 11 is 0. The Morgan fingerprint density at radius 2 is 1.75 bits per heavy atom. The molecule has 0 aliphatic rings. The highest BCUT2D eigenvalue weighted by atomic mass is 31.2. The average molecular weight is 253 g/mol. The van der Waals surface area contributed by atoms with Gasteiger partial charge in [0, 0.05) is 20.6 Å². The third-order valence-corrected chi connectivity index (χ3v) is 3.33. The molecule has 0 saturated carbocycles. The summed E-state index contributed by atoms with van der Waals surface area (Å²) in [6, 6.07) is 0. The first-order valence-corrected chi connectivity index (χ1v) is 6.28. The van der Waals surface area contributed by atoms with Crippen molar-refractivity contribution in [3.8, 4) is 0 Å². The van der Waals surface area contributed by atoms with Crippen LogP contribution in [0.15, 0.2) is 0 Å². The van der Waals surface area contributed by atoms with Crippen LogP contribution in [-0.4, -0.2) is 38.9 Å². The van der Waals surface area contributed by atoms with Crippen molar-refractivity contribution in [2.24, 2.45) is 5.73 Å². The molecule has 94 valence electrons. The van der Waals surface area contributed by atoms with Crippen LogP contribution < -0.4 is 5.73 Å². The molecule has 8 heteroatoms. The maximum Gasteiger partial charge on any atom is 0.367 e. The summed E-state index contributed by atoms with van der Waals surface area (Å²) in [5.74, 6) is -0.880. The number of carbonyl (C=O) groups excluding carboxylic acids is 2. The third-order valence-electron chi connectivity index (χ3n) is 1.78. The number of rotatable bonds is 8. The normalized spacial score (nSPS) is 11.2. The number of ether oxygens (including phenoxy) is 1. The van der Waals surface area contributed by atoms with Gasteiger partial charge in [0.2, 0.25) is 0 Å². The Bertz CT molecular complexity index is 284. The van der Waals surface area contributed by atoms with Crippen LogP contribution in [0.5, 0.6) is 0 Å². The molecule has 0 aliphatic heterocycles. The molecule has 0 unspecified atom stereocenters. The number of carbonyl (C=O) groups is 2. The lowest BCUT2D eigenvalue weighted by Crippen LogP contribution is -2.16. The van der Waals surface area contributed by atoms with E-state index in [1.807, 2.05) is 0 Å². The summed E-state index contributed by atoms with van der Waals surface area (Å²) in [5.41, 5.74) is 5.06. The van der Waals surface area contributed by atoms with Gasteiger partial charge in [-0.25, -0.2) is 0 Å². The van der Waals surface area contributed by atoms with Crippen LogP contribution in [0.1, 0.15) is 12.8 Å². The van der Waals surface area contributed by atoms with E-state index >= 15 is 0 Å². The molecule has 0 radical (unpaired) electrons. The Balaban J connectivity index is 3.90. The van der Waals surface area contributed by atoms with E-state index in [1.54, 1.807) is 0 Å². The molecule has 0 aliphatic carbocycles. The van der Waals surface area contributed by atoms with E-state index in [-0.39, 0.29) is 25.2 Å². The van der Waals surface area contributed by atoms with Crippen LogP contribution in [-0.2, 0) is 27.9 Å². The lowest BCUT2D eigenvalue weighted by Gasteiger charge is -2.13. The first-order valence-electron chi connectivity index (χ1n) is 4.55. The minimum absolute atomic E-state index is 0.0135. The number of Topliss-reactive ketones (excluding diaryl/α,β-unsaturated/α-hetero) is 1. The average Bonchev–Trinajstić information content (AvgIpc) is 2.32. The Kier molecular flexibility index (Phi) is 7.16. The van der Waals surface area contributed by atoms with Crippen molar-refractivity contribution in [3.05, 3.63) is 0 Å². The van der Waals surface area contributed by atoms with Crippen molar-refractivity contribution in [2.75, 3.05) is 27.1 Å². The number of esters is 1. The quantitative estimate of drug-likeness (QED) is 0.489. The minimum Gasteiger partial charge on any atom is -0.453 e. The van der Waals surface area contributed by atoms with Crippen LogP contribution >= 0.6 is 7.60 Å². The van der Waals surface area contributed by atoms with Gasteiger partial charge in [-0.3, -0.25) is 14.2 Å². The molecule has 0 aromatic rings. The van der Waals surface area contributed by atoms with Gasteiger partial charge in [0.1, 0.15) is 5.78 Å². The molecule has 7 nitrogen and oxygen atoms in total.